The molecule has 1 unspecified atom stereocenters. The number of hydrogen-bond acceptors (Lipinski definition) is 4. The molecule has 0 amide bonds. The van der Waals surface area contributed by atoms with Crippen LogP contribution in [0.5, 0.6) is 5.75 Å². The first-order valence-corrected chi connectivity index (χ1v) is 10.1. The molecule has 1 aliphatic rings. The Hall–Kier alpha value is -2.95. The first kappa shape index (κ1) is 19.4. The van der Waals surface area contributed by atoms with Gasteiger partial charge in [-0.05, 0) is 69.4 Å². The third-order valence-corrected chi connectivity index (χ3v) is 5.36. The topological polar surface area (TPSA) is 66.5 Å². The molecule has 4 rings (SSSR count). The van der Waals surface area contributed by atoms with E-state index >= 15 is 0 Å². The van der Waals surface area contributed by atoms with Crippen molar-refractivity contribution in [3.63, 3.8) is 0 Å². The quantitative estimate of drug-likeness (QED) is 0.528. The number of hydrogen-bond donors (Lipinski definition) is 1. The van der Waals surface area contributed by atoms with Crippen molar-refractivity contribution in [1.29, 1.82) is 0 Å². The van der Waals surface area contributed by atoms with E-state index in [4.69, 9.17) is 15.3 Å². The van der Waals surface area contributed by atoms with Crippen LogP contribution in [0.25, 0.3) is 10.9 Å². The lowest BCUT2D eigenvalue weighted by molar-refractivity contribution is -0.160. The Morgan fingerprint density at radius 1 is 1.17 bits per heavy atom. The lowest BCUT2D eigenvalue weighted by Crippen LogP contribution is -2.32. The zero-order valence-electron chi connectivity index (χ0n) is 17.3. The van der Waals surface area contributed by atoms with E-state index in [1.165, 1.54) is 0 Å². The molecule has 2 aromatic carbocycles. The molecule has 2 N–H and O–H groups in total. The first-order valence-electron chi connectivity index (χ1n) is 10.1. The van der Waals surface area contributed by atoms with Crippen LogP contribution in [0.4, 0.5) is 0 Å². The van der Waals surface area contributed by atoms with Gasteiger partial charge in [0.05, 0.1) is 11.4 Å². The molecule has 29 heavy (non-hydrogen) atoms. The zero-order chi connectivity index (χ0) is 20.6. The maximum absolute atomic E-state index is 12.6. The highest BCUT2D eigenvalue weighted by Gasteiger charge is 2.32. The normalized spacial score (nSPS) is 16.4. The minimum Gasteiger partial charge on any atom is -0.489 e. The Balaban J connectivity index is 1.59. The van der Waals surface area contributed by atoms with Crippen LogP contribution in [-0.2, 0) is 29.0 Å². The predicted octanol–water partition coefficient (Wildman–Crippen LogP) is 4.38. The van der Waals surface area contributed by atoms with Crippen molar-refractivity contribution >= 4 is 16.9 Å². The van der Waals surface area contributed by atoms with E-state index in [9.17, 15) is 4.79 Å². The van der Waals surface area contributed by atoms with Crippen LogP contribution >= 0.6 is 0 Å². The molecule has 5 heteroatoms. The number of esters is 1. The summed E-state index contributed by atoms with van der Waals surface area (Å²) in [6.45, 7) is 6.22. The zero-order valence-corrected chi connectivity index (χ0v) is 17.3. The van der Waals surface area contributed by atoms with Gasteiger partial charge in [0.1, 0.15) is 18.0 Å². The van der Waals surface area contributed by atoms with Crippen molar-refractivity contribution in [3.8, 4) is 5.75 Å². The van der Waals surface area contributed by atoms with Gasteiger partial charge in [-0.25, -0.2) is 0 Å². The van der Waals surface area contributed by atoms with Crippen molar-refractivity contribution in [3.05, 3.63) is 65.4 Å². The van der Waals surface area contributed by atoms with Crippen LogP contribution in [-0.4, -0.2) is 16.2 Å². The monoisotopic (exact) mass is 392 g/mol. The smallest absolute Gasteiger partial charge is 0.309 e. The molecule has 0 bridgehead atoms. The van der Waals surface area contributed by atoms with Gasteiger partial charge in [-0.1, -0.05) is 30.3 Å². The van der Waals surface area contributed by atoms with Crippen molar-refractivity contribution < 1.29 is 14.3 Å². The SMILES string of the molecule is CC(C)(C)OC(=O)C1CCc2c(c3cc(OCc4ccccc4)ccc3n2N)C1. The van der Waals surface area contributed by atoms with Crippen LogP contribution < -0.4 is 10.6 Å². The van der Waals surface area contributed by atoms with E-state index in [0.29, 0.717) is 13.0 Å². The number of carbonyl (C=O) groups is 1. The van der Waals surface area contributed by atoms with Gasteiger partial charge in [-0.15, -0.1) is 0 Å². The molecule has 0 fully saturated rings. The van der Waals surface area contributed by atoms with Crippen molar-refractivity contribution in [2.24, 2.45) is 5.92 Å². The van der Waals surface area contributed by atoms with Crippen LogP contribution in [0.3, 0.4) is 0 Å². The second-order valence-electron chi connectivity index (χ2n) is 8.72. The van der Waals surface area contributed by atoms with Crippen molar-refractivity contribution in [1.82, 2.24) is 4.68 Å². The van der Waals surface area contributed by atoms with Gasteiger partial charge in [0.15, 0.2) is 0 Å². The van der Waals surface area contributed by atoms with Gasteiger partial charge in [0.2, 0.25) is 0 Å². The Morgan fingerprint density at radius 3 is 2.66 bits per heavy atom. The van der Waals surface area contributed by atoms with Crippen LogP contribution in [0.1, 0.15) is 44.0 Å². The van der Waals surface area contributed by atoms with E-state index in [1.807, 2.05) is 69.3 Å². The van der Waals surface area contributed by atoms with Crippen LogP contribution in [0, 0.1) is 5.92 Å². The van der Waals surface area contributed by atoms with Gasteiger partial charge >= 0.3 is 5.97 Å². The maximum Gasteiger partial charge on any atom is 0.309 e. The maximum atomic E-state index is 12.6. The predicted molar refractivity (Wildman–Crippen MR) is 114 cm³/mol. The molecule has 152 valence electrons. The molecule has 0 saturated heterocycles. The van der Waals surface area contributed by atoms with Gasteiger partial charge in [0.25, 0.3) is 0 Å². The van der Waals surface area contributed by atoms with Crippen LogP contribution in [0.2, 0.25) is 0 Å². The number of ether oxygens (including phenoxy) is 2. The number of benzene rings is 2. The Morgan fingerprint density at radius 2 is 1.93 bits per heavy atom. The molecule has 1 atom stereocenters. The van der Waals surface area contributed by atoms with E-state index in [1.54, 1.807) is 4.68 Å². The standard InChI is InChI=1S/C24H28N2O3/c1-24(2,3)29-23(27)17-9-11-21-19(13-17)20-14-18(10-12-22(20)26(21)25)28-15-16-7-5-4-6-8-16/h4-8,10,12,14,17H,9,11,13,15,25H2,1-3H3. The summed E-state index contributed by atoms with van der Waals surface area (Å²) in [4.78, 5) is 12.6. The summed E-state index contributed by atoms with van der Waals surface area (Å²) in [5, 5.41) is 1.06. The molecular weight excluding hydrogens is 364 g/mol. The first-order chi connectivity index (χ1) is 13.8. The molecule has 5 nitrogen and oxygen atoms in total. The summed E-state index contributed by atoms with van der Waals surface area (Å²) < 4.78 is 13.4. The molecule has 1 aromatic heterocycles. The third-order valence-electron chi connectivity index (χ3n) is 5.36. The number of carbonyl (C=O) groups excluding carboxylic acids is 1. The summed E-state index contributed by atoms with van der Waals surface area (Å²) in [5.41, 5.74) is 3.84. The van der Waals surface area contributed by atoms with Gasteiger partial charge in [-0.2, -0.15) is 0 Å². The van der Waals surface area contributed by atoms with E-state index in [0.717, 1.165) is 46.3 Å². The Bertz CT molecular complexity index is 1030. The molecule has 0 aliphatic heterocycles. The summed E-state index contributed by atoms with van der Waals surface area (Å²) in [6.07, 6.45) is 2.17. The highest BCUT2D eigenvalue weighted by atomic mass is 16.6. The van der Waals surface area contributed by atoms with E-state index in [-0.39, 0.29) is 11.9 Å². The highest BCUT2D eigenvalue weighted by molar-refractivity contribution is 5.88. The van der Waals surface area contributed by atoms with Crippen LogP contribution in [0.15, 0.2) is 48.5 Å². The van der Waals surface area contributed by atoms with Gasteiger partial charge in [-0.3, -0.25) is 9.47 Å². The molecule has 0 spiro atoms. The minimum absolute atomic E-state index is 0.127. The summed E-state index contributed by atoms with van der Waals surface area (Å²) in [7, 11) is 0. The molecule has 3 aromatic rings. The number of aromatic nitrogens is 1. The average Bonchev–Trinajstić information content (AvgIpc) is 2.97. The minimum atomic E-state index is -0.475. The van der Waals surface area contributed by atoms with Gasteiger partial charge < -0.3 is 15.3 Å². The summed E-state index contributed by atoms with van der Waals surface area (Å²) in [5.74, 6) is 6.89. The second kappa shape index (κ2) is 7.47. The Kier molecular flexibility index (Phi) is 4.99. The van der Waals surface area contributed by atoms with E-state index in [2.05, 4.69) is 0 Å². The number of fused-ring (bicyclic) bond motifs is 3. The highest BCUT2D eigenvalue weighted by Crippen LogP contribution is 2.36. The molecule has 0 saturated carbocycles. The van der Waals surface area contributed by atoms with Crippen molar-refractivity contribution in [2.45, 2.75) is 52.2 Å². The lowest BCUT2D eigenvalue weighted by Gasteiger charge is -2.26. The fraction of sp³-hybridized carbons (Fsp3) is 0.375. The molecular formula is C24H28N2O3. The fourth-order valence-corrected chi connectivity index (χ4v) is 3.99. The Labute approximate surface area is 171 Å². The summed E-state index contributed by atoms with van der Waals surface area (Å²) >= 11 is 0. The molecule has 1 heterocycles. The number of nitrogen functional groups attached to an aromatic ring is 1. The average molecular weight is 392 g/mol. The lowest BCUT2D eigenvalue weighted by atomic mass is 9.86. The van der Waals surface area contributed by atoms with E-state index < -0.39 is 5.60 Å². The number of nitrogens with two attached hydrogens (primary N) is 1. The molecule has 1 aliphatic carbocycles. The number of nitrogens with zero attached hydrogens (tertiary/aromatic N) is 1. The largest absolute Gasteiger partial charge is 0.489 e. The third kappa shape index (κ3) is 4.09. The van der Waals surface area contributed by atoms with Crippen molar-refractivity contribution in [2.75, 3.05) is 5.84 Å². The second-order valence-corrected chi connectivity index (χ2v) is 8.72. The summed E-state index contributed by atoms with van der Waals surface area (Å²) in [6, 6.07) is 16.1. The van der Waals surface area contributed by atoms with Gasteiger partial charge in [0, 0.05) is 11.1 Å². The molecule has 0 radical (unpaired) electrons. The fourth-order valence-electron chi connectivity index (χ4n) is 3.99. The number of rotatable bonds is 4.